The Morgan fingerprint density at radius 1 is 1.00 bits per heavy atom. The van der Waals surface area contributed by atoms with E-state index in [-0.39, 0.29) is 24.4 Å². The van der Waals surface area contributed by atoms with Crippen LogP contribution >= 0.6 is 0 Å². The molecule has 0 radical (unpaired) electrons. The first kappa shape index (κ1) is 22.2. The van der Waals surface area contributed by atoms with Crippen LogP contribution in [0, 0.1) is 0 Å². The molecule has 0 bridgehead atoms. The van der Waals surface area contributed by atoms with Crippen LogP contribution in [0.25, 0.3) is 0 Å². The van der Waals surface area contributed by atoms with Crippen LogP contribution in [0.5, 0.6) is 5.75 Å². The van der Waals surface area contributed by atoms with Crippen LogP contribution in [0.4, 0.5) is 5.69 Å². The lowest BCUT2D eigenvalue weighted by Gasteiger charge is -2.39. The van der Waals surface area contributed by atoms with Gasteiger partial charge in [0.05, 0.1) is 18.8 Å². The maximum Gasteiger partial charge on any atom is 0.265 e. The normalized spacial score (nSPS) is 18.2. The third-order valence-electron chi connectivity index (χ3n) is 6.27. The van der Waals surface area contributed by atoms with E-state index in [2.05, 4.69) is 0 Å². The van der Waals surface area contributed by atoms with Crippen molar-refractivity contribution in [2.24, 2.45) is 0 Å². The van der Waals surface area contributed by atoms with Crippen molar-refractivity contribution in [2.75, 3.05) is 31.1 Å². The van der Waals surface area contributed by atoms with Crippen molar-refractivity contribution in [1.29, 1.82) is 0 Å². The molecule has 2 aliphatic heterocycles. The number of hydrogen-bond acceptors (Lipinski definition) is 4. The number of para-hydroxylation sites is 2. The Labute approximate surface area is 190 Å². The molecule has 32 heavy (non-hydrogen) atoms. The van der Waals surface area contributed by atoms with E-state index in [4.69, 9.17) is 4.74 Å². The molecule has 0 N–H and O–H groups in total. The van der Waals surface area contributed by atoms with E-state index in [0.717, 1.165) is 37.2 Å². The Kier molecular flexibility index (Phi) is 6.98. The number of likely N-dealkylation sites (tertiary alicyclic amines) is 1. The van der Waals surface area contributed by atoms with Crippen LogP contribution in [0.2, 0.25) is 0 Å². The molecule has 0 aliphatic carbocycles. The molecule has 1 atom stereocenters. The molecule has 0 aromatic heterocycles. The minimum atomic E-state index is -0.586. The summed E-state index contributed by atoms with van der Waals surface area (Å²) < 4.78 is 6.10. The SMILES string of the molecule is CC(C)N(Cc1ccccc1)C(=O)CN1CC(C(=O)N2CCCCC2)Oc2ccccc21. The number of piperidine rings is 1. The predicted octanol–water partition coefficient (Wildman–Crippen LogP) is 3.70. The molecule has 2 aromatic rings. The van der Waals surface area contributed by atoms with Gasteiger partial charge in [-0.15, -0.1) is 0 Å². The maximum absolute atomic E-state index is 13.4. The van der Waals surface area contributed by atoms with Gasteiger partial charge >= 0.3 is 0 Å². The first-order valence-corrected chi connectivity index (χ1v) is 11.7. The number of benzene rings is 2. The van der Waals surface area contributed by atoms with Gasteiger partial charge in [-0.25, -0.2) is 0 Å². The quantitative estimate of drug-likeness (QED) is 0.694. The lowest BCUT2D eigenvalue weighted by molar-refractivity contribution is -0.140. The summed E-state index contributed by atoms with van der Waals surface area (Å²) in [6, 6.07) is 17.8. The number of hydrogen-bond donors (Lipinski definition) is 0. The highest BCUT2D eigenvalue weighted by atomic mass is 16.5. The molecule has 6 heteroatoms. The molecule has 1 saturated heterocycles. The summed E-state index contributed by atoms with van der Waals surface area (Å²) in [4.78, 5) is 32.4. The van der Waals surface area contributed by atoms with Gasteiger partial charge in [0.25, 0.3) is 5.91 Å². The van der Waals surface area contributed by atoms with Gasteiger partial charge in [0, 0.05) is 25.7 Å². The average molecular weight is 436 g/mol. The summed E-state index contributed by atoms with van der Waals surface area (Å²) >= 11 is 0. The average Bonchev–Trinajstić information content (AvgIpc) is 2.83. The molecule has 2 aliphatic rings. The molecule has 4 rings (SSSR count). The molecule has 0 saturated carbocycles. The summed E-state index contributed by atoms with van der Waals surface area (Å²) in [6.07, 6.45) is 2.67. The van der Waals surface area contributed by atoms with Crippen LogP contribution in [-0.2, 0) is 16.1 Å². The highest BCUT2D eigenvalue weighted by Gasteiger charge is 2.35. The van der Waals surface area contributed by atoms with Gasteiger partial charge in [-0.2, -0.15) is 0 Å². The highest BCUT2D eigenvalue weighted by molar-refractivity contribution is 5.86. The number of anilines is 1. The minimum absolute atomic E-state index is 0.0293. The van der Waals surface area contributed by atoms with Crippen molar-refractivity contribution in [3.05, 3.63) is 60.2 Å². The standard InChI is InChI=1S/C26H33N3O3/c1-20(2)29(17-21-11-5-3-6-12-21)25(30)19-28-18-24(26(31)27-15-9-4-10-16-27)32-23-14-8-7-13-22(23)28/h3,5-8,11-14,20,24H,4,9-10,15-19H2,1-2H3. The molecule has 6 nitrogen and oxygen atoms in total. The van der Waals surface area contributed by atoms with Gasteiger partial charge in [0.1, 0.15) is 5.75 Å². The van der Waals surface area contributed by atoms with E-state index in [0.29, 0.717) is 18.8 Å². The maximum atomic E-state index is 13.4. The Morgan fingerprint density at radius 2 is 1.69 bits per heavy atom. The molecule has 2 heterocycles. The van der Waals surface area contributed by atoms with Crippen LogP contribution < -0.4 is 9.64 Å². The van der Waals surface area contributed by atoms with Gasteiger partial charge in [-0.1, -0.05) is 42.5 Å². The number of nitrogens with zero attached hydrogens (tertiary/aromatic N) is 3. The smallest absolute Gasteiger partial charge is 0.265 e. The summed E-state index contributed by atoms with van der Waals surface area (Å²) in [5, 5.41) is 0. The van der Waals surface area contributed by atoms with Crippen LogP contribution in [0.15, 0.2) is 54.6 Å². The largest absolute Gasteiger partial charge is 0.477 e. The van der Waals surface area contributed by atoms with Gasteiger partial charge in [-0.05, 0) is 50.8 Å². The summed E-state index contributed by atoms with van der Waals surface area (Å²) in [7, 11) is 0. The predicted molar refractivity (Wildman–Crippen MR) is 126 cm³/mol. The number of carbonyl (C=O) groups excluding carboxylic acids is 2. The number of carbonyl (C=O) groups is 2. The summed E-state index contributed by atoms with van der Waals surface area (Å²) in [6.45, 7) is 6.83. The minimum Gasteiger partial charge on any atom is -0.477 e. The molecule has 1 fully saturated rings. The fraction of sp³-hybridized carbons (Fsp3) is 0.462. The highest BCUT2D eigenvalue weighted by Crippen LogP contribution is 2.33. The number of fused-ring (bicyclic) bond motifs is 1. The van der Waals surface area contributed by atoms with Crippen molar-refractivity contribution >= 4 is 17.5 Å². The van der Waals surface area contributed by atoms with E-state index < -0.39 is 6.10 Å². The van der Waals surface area contributed by atoms with E-state index in [9.17, 15) is 9.59 Å². The molecule has 1 unspecified atom stereocenters. The third-order valence-corrected chi connectivity index (χ3v) is 6.27. The van der Waals surface area contributed by atoms with Crippen molar-refractivity contribution in [3.8, 4) is 5.75 Å². The second-order valence-electron chi connectivity index (χ2n) is 8.94. The van der Waals surface area contributed by atoms with E-state index in [1.807, 2.05) is 83.1 Å². The van der Waals surface area contributed by atoms with Crippen molar-refractivity contribution < 1.29 is 14.3 Å². The van der Waals surface area contributed by atoms with Crippen LogP contribution in [-0.4, -0.2) is 59.9 Å². The van der Waals surface area contributed by atoms with Crippen molar-refractivity contribution in [1.82, 2.24) is 9.80 Å². The summed E-state index contributed by atoms with van der Waals surface area (Å²) in [5.74, 6) is 0.743. The number of ether oxygens (including phenoxy) is 1. The van der Waals surface area contributed by atoms with Crippen molar-refractivity contribution in [2.45, 2.75) is 51.8 Å². The number of amides is 2. The van der Waals surface area contributed by atoms with Gasteiger partial charge in [0.2, 0.25) is 5.91 Å². The van der Waals surface area contributed by atoms with Gasteiger partial charge < -0.3 is 19.4 Å². The molecular weight excluding hydrogens is 402 g/mol. The van der Waals surface area contributed by atoms with E-state index in [1.165, 1.54) is 6.42 Å². The lowest BCUT2D eigenvalue weighted by Crippen LogP contribution is -2.53. The summed E-state index contributed by atoms with van der Waals surface area (Å²) in [5.41, 5.74) is 1.97. The van der Waals surface area contributed by atoms with Crippen molar-refractivity contribution in [3.63, 3.8) is 0 Å². The zero-order valence-corrected chi connectivity index (χ0v) is 19.1. The second-order valence-corrected chi connectivity index (χ2v) is 8.94. The molecule has 2 aromatic carbocycles. The lowest BCUT2D eigenvalue weighted by atomic mass is 10.1. The van der Waals surface area contributed by atoms with E-state index >= 15 is 0 Å². The van der Waals surface area contributed by atoms with Crippen LogP contribution in [0.3, 0.4) is 0 Å². The second kappa shape index (κ2) is 10.1. The molecular formula is C26H33N3O3. The molecule has 2 amide bonds. The fourth-order valence-corrected chi connectivity index (χ4v) is 4.50. The van der Waals surface area contributed by atoms with Gasteiger partial charge in [0.15, 0.2) is 6.10 Å². The molecule has 0 spiro atoms. The number of rotatable bonds is 6. The molecule has 170 valence electrons. The Balaban J connectivity index is 1.51. The van der Waals surface area contributed by atoms with Crippen LogP contribution in [0.1, 0.15) is 38.7 Å². The Bertz CT molecular complexity index is 925. The first-order valence-electron chi connectivity index (χ1n) is 11.7. The van der Waals surface area contributed by atoms with E-state index in [1.54, 1.807) is 0 Å². The van der Waals surface area contributed by atoms with Gasteiger partial charge in [-0.3, -0.25) is 9.59 Å². The monoisotopic (exact) mass is 435 g/mol. The third kappa shape index (κ3) is 5.06. The fourth-order valence-electron chi connectivity index (χ4n) is 4.50. The topological polar surface area (TPSA) is 53.1 Å². The Hall–Kier alpha value is -3.02. The zero-order chi connectivity index (χ0) is 22.5. The zero-order valence-electron chi connectivity index (χ0n) is 19.1. The Morgan fingerprint density at radius 3 is 2.41 bits per heavy atom. The first-order chi connectivity index (χ1) is 15.5.